The van der Waals surface area contributed by atoms with Crippen LogP contribution in [0.1, 0.15) is 120 Å². The Hall–Kier alpha value is -4.03. The number of carbonyl (C=O) groups is 2. The lowest BCUT2D eigenvalue weighted by atomic mass is 9.71. The average Bonchev–Trinajstić information content (AvgIpc) is 2.97. The number of aromatic nitrogens is 1. The van der Waals surface area contributed by atoms with Crippen LogP contribution in [0, 0.1) is 35.7 Å². The zero-order chi connectivity index (χ0) is 40.2. The van der Waals surface area contributed by atoms with Gasteiger partial charge in [0, 0.05) is 43.9 Å². The lowest BCUT2D eigenvalue weighted by Crippen LogP contribution is -2.70. The number of hydrogen-bond acceptors (Lipinski definition) is 7. The molecule has 3 N–H and O–H groups in total. The molecule has 0 aliphatic carbocycles. The van der Waals surface area contributed by atoms with Gasteiger partial charge in [-0.15, -0.1) is 0 Å². The summed E-state index contributed by atoms with van der Waals surface area (Å²) >= 11 is 0. The highest BCUT2D eigenvalue weighted by Gasteiger charge is 2.35. The molecule has 1 aliphatic rings. The second-order valence-corrected chi connectivity index (χ2v) is 16.9. The Kier molecular flexibility index (Phi) is 17.4. The van der Waals surface area contributed by atoms with Crippen molar-refractivity contribution >= 4 is 23.6 Å². The van der Waals surface area contributed by atoms with Crippen molar-refractivity contribution in [1.29, 1.82) is 5.26 Å². The molecular weight excluding hydrogens is 658 g/mol. The van der Waals surface area contributed by atoms with E-state index in [0.717, 1.165) is 9.47 Å². The molecule has 288 valence electrons. The fourth-order valence-electron chi connectivity index (χ4n) is 6.82. The summed E-state index contributed by atoms with van der Waals surface area (Å²) in [5, 5.41) is 22.3. The number of amides is 2. The second-order valence-electron chi connectivity index (χ2n) is 16.9. The van der Waals surface area contributed by atoms with E-state index in [1.165, 1.54) is 44.9 Å². The van der Waals surface area contributed by atoms with E-state index in [4.69, 9.17) is 16.0 Å². The summed E-state index contributed by atoms with van der Waals surface area (Å²) in [5.74, 6) is -1.86. The van der Waals surface area contributed by atoms with Gasteiger partial charge in [-0.1, -0.05) is 46.8 Å². The van der Waals surface area contributed by atoms with Gasteiger partial charge in [0.15, 0.2) is 5.69 Å². The maximum absolute atomic E-state index is 13.2. The molecule has 52 heavy (non-hydrogen) atoms. The highest BCUT2D eigenvalue weighted by atomic mass is 16.5. The third kappa shape index (κ3) is 14.5. The summed E-state index contributed by atoms with van der Waals surface area (Å²) in [4.78, 5) is 43.4. The highest BCUT2D eigenvalue weighted by Crippen LogP contribution is 2.38. The van der Waals surface area contributed by atoms with Crippen LogP contribution in [0.15, 0.2) is 33.7 Å². The van der Waals surface area contributed by atoms with Crippen LogP contribution < -0.4 is 16.4 Å². The van der Waals surface area contributed by atoms with Crippen molar-refractivity contribution in [3.05, 3.63) is 61.8 Å². The molecule has 0 fully saturated rings. The maximum Gasteiger partial charge on any atom is 0.271 e. The molecule has 0 aromatic carbocycles. The molecule has 0 unspecified atom stereocenters. The van der Waals surface area contributed by atoms with Crippen molar-refractivity contribution in [3.8, 4) is 11.9 Å². The SMILES string of the molecule is CC(C)(C)CC(C)(C)CC(C)(C)[NH3+].[C-]#[N+]c1c(C)c(C=CC=C2C(=O)N(CCCOC(C)C)C(=O)C(C#N)=C2C)c(=O)n(CCCOC(C)C)c1[O-]. The van der Waals surface area contributed by atoms with Crippen LogP contribution in [0.25, 0.3) is 10.9 Å². The number of ether oxygens (including phenoxy) is 2. The number of rotatable bonds is 15. The molecule has 0 saturated carbocycles. The Morgan fingerprint density at radius 3 is 1.92 bits per heavy atom. The number of carbonyl (C=O) groups excluding carboxylic acids is 2. The van der Waals surface area contributed by atoms with Gasteiger partial charge in [-0.2, -0.15) is 5.26 Å². The minimum Gasteiger partial charge on any atom is -0.869 e. The summed E-state index contributed by atoms with van der Waals surface area (Å²) in [6.07, 6.45) is 7.63. The van der Waals surface area contributed by atoms with Crippen LogP contribution in [-0.4, -0.2) is 58.8 Å². The normalized spacial score (nSPS) is 15.1. The van der Waals surface area contributed by atoms with E-state index in [1.807, 2.05) is 33.8 Å². The topological polar surface area (TPSA) is 157 Å². The van der Waals surface area contributed by atoms with E-state index in [9.17, 15) is 24.8 Å². The highest BCUT2D eigenvalue weighted by molar-refractivity contribution is 6.18. The third-order valence-electron chi connectivity index (χ3n) is 8.07. The minimum atomic E-state index is -0.654. The van der Waals surface area contributed by atoms with Gasteiger partial charge in [0.05, 0.1) is 24.3 Å². The maximum atomic E-state index is 13.2. The summed E-state index contributed by atoms with van der Waals surface area (Å²) in [7, 11) is 0. The first-order valence-electron chi connectivity index (χ1n) is 18.1. The Morgan fingerprint density at radius 2 is 1.46 bits per heavy atom. The average molecular weight is 722 g/mol. The van der Waals surface area contributed by atoms with Crippen LogP contribution in [-0.2, 0) is 25.6 Å². The summed E-state index contributed by atoms with van der Waals surface area (Å²) in [6, 6.07) is 1.89. The number of hydrogen-bond donors (Lipinski definition) is 1. The van der Waals surface area contributed by atoms with Gasteiger partial charge in [-0.25, -0.2) is 4.85 Å². The molecule has 11 heteroatoms. The van der Waals surface area contributed by atoms with E-state index >= 15 is 0 Å². The molecule has 0 atom stereocenters. The van der Waals surface area contributed by atoms with Crippen LogP contribution in [0.5, 0.6) is 5.88 Å². The fraction of sp³-hybridized carbons (Fsp3) is 0.634. The zero-order valence-electron chi connectivity index (χ0n) is 34.0. The number of allylic oxidation sites excluding steroid dienone is 2. The molecule has 0 spiro atoms. The number of nitriles is 1. The van der Waals surface area contributed by atoms with Crippen molar-refractivity contribution in [3.63, 3.8) is 0 Å². The molecule has 2 amide bonds. The van der Waals surface area contributed by atoms with Crippen molar-refractivity contribution in [2.45, 2.75) is 140 Å². The van der Waals surface area contributed by atoms with Crippen LogP contribution in [0.2, 0.25) is 0 Å². The molecule has 0 bridgehead atoms. The molecule has 1 aromatic rings. The smallest absolute Gasteiger partial charge is 0.271 e. The Bertz CT molecular complexity index is 1630. The Balaban J connectivity index is 0.000000880. The second kappa shape index (κ2) is 19.7. The van der Waals surface area contributed by atoms with E-state index < -0.39 is 23.3 Å². The van der Waals surface area contributed by atoms with E-state index in [2.05, 4.69) is 59.0 Å². The Morgan fingerprint density at radius 1 is 0.923 bits per heavy atom. The number of quaternary nitrogens is 1. The monoisotopic (exact) mass is 721 g/mol. The molecule has 2 rings (SSSR count). The van der Waals surface area contributed by atoms with Gasteiger partial charge in [-0.3, -0.25) is 19.3 Å². The summed E-state index contributed by atoms with van der Waals surface area (Å²) < 4.78 is 12.0. The molecule has 1 aliphatic heterocycles. The third-order valence-corrected chi connectivity index (χ3v) is 8.07. The molecule has 11 nitrogen and oxygen atoms in total. The molecule has 2 heterocycles. The molecule has 0 saturated heterocycles. The van der Waals surface area contributed by atoms with E-state index in [0.29, 0.717) is 36.9 Å². The Labute approximate surface area is 312 Å². The number of imide groups is 1. The quantitative estimate of drug-likeness (QED) is 0.0948. The first-order chi connectivity index (χ1) is 23.9. The van der Waals surface area contributed by atoms with Crippen molar-refractivity contribution in [1.82, 2.24) is 9.47 Å². The van der Waals surface area contributed by atoms with Gasteiger partial charge < -0.3 is 24.9 Å². The predicted molar refractivity (Wildman–Crippen MR) is 204 cm³/mol. The number of nitrogens with zero attached hydrogens (tertiary/aromatic N) is 4. The standard InChI is InChI=1S/C29H36N4O6.C12H27N/c1-18(2)38-15-9-13-32-26(34)22(20(5)24(17-30)28(32)36)11-8-12-23-21(6)25(31-7)29(37)33(27(23)35)14-10-16-39-19(3)4;1-10(2,3)8-11(4,5)9-12(6,7)13/h8,11-12,18-19,37H,9-10,13-16H2,1-6H3;8-9,13H2,1-7H3. The molecular formula is C41H63N5O6. The van der Waals surface area contributed by atoms with Gasteiger partial charge in [0.2, 0.25) is 0 Å². The first-order valence-corrected chi connectivity index (χ1v) is 18.1. The van der Waals surface area contributed by atoms with Gasteiger partial charge in [0.25, 0.3) is 17.4 Å². The van der Waals surface area contributed by atoms with Gasteiger partial charge in [0.1, 0.15) is 11.6 Å². The van der Waals surface area contributed by atoms with Gasteiger partial charge >= 0.3 is 0 Å². The summed E-state index contributed by atoms with van der Waals surface area (Å²) in [5.41, 5.74) is 5.15. The molecule has 0 radical (unpaired) electrons. The van der Waals surface area contributed by atoms with Gasteiger partial charge in [-0.05, 0) is 109 Å². The van der Waals surface area contributed by atoms with Crippen molar-refractivity contribution in [2.24, 2.45) is 10.8 Å². The molecule has 1 aromatic heterocycles. The van der Waals surface area contributed by atoms with E-state index in [1.54, 1.807) is 0 Å². The van der Waals surface area contributed by atoms with Crippen LogP contribution in [0.3, 0.4) is 0 Å². The van der Waals surface area contributed by atoms with Crippen LogP contribution >= 0.6 is 0 Å². The number of pyridine rings is 1. The fourth-order valence-corrected chi connectivity index (χ4v) is 6.82. The predicted octanol–water partition coefficient (Wildman–Crippen LogP) is 6.42. The largest absolute Gasteiger partial charge is 0.869 e. The lowest BCUT2D eigenvalue weighted by Gasteiger charge is -2.35. The zero-order valence-corrected chi connectivity index (χ0v) is 34.0. The summed E-state index contributed by atoms with van der Waals surface area (Å²) in [6.45, 7) is 35.0. The van der Waals surface area contributed by atoms with Crippen molar-refractivity contribution in [2.75, 3.05) is 19.8 Å². The first kappa shape index (κ1) is 46.0. The van der Waals surface area contributed by atoms with E-state index in [-0.39, 0.29) is 64.4 Å². The minimum absolute atomic E-state index is 0.00984. The van der Waals surface area contributed by atoms with Crippen molar-refractivity contribution < 1.29 is 29.9 Å². The lowest BCUT2D eigenvalue weighted by molar-refractivity contribution is -0.471. The van der Waals surface area contributed by atoms with Crippen LogP contribution in [0.4, 0.5) is 5.69 Å².